The summed E-state index contributed by atoms with van der Waals surface area (Å²) in [7, 11) is 2.06. The molecule has 1 aromatic heterocycles. The maximum atomic E-state index is 4.26. The topological polar surface area (TPSA) is 28.2 Å². The van der Waals surface area contributed by atoms with E-state index in [1.54, 1.807) is 0 Å². The Hall–Kier alpha value is -0.450. The van der Waals surface area contributed by atoms with Crippen LogP contribution in [0, 0.1) is 5.92 Å². The number of piperidine rings is 1. The van der Waals surface area contributed by atoms with E-state index in [0.717, 1.165) is 12.5 Å². The molecule has 0 spiro atoms. The predicted molar refractivity (Wildman–Crippen MR) is 73.4 cm³/mol. The van der Waals surface area contributed by atoms with Gasteiger partial charge in [-0.2, -0.15) is 0 Å². The Bertz CT molecular complexity index is 294. The van der Waals surface area contributed by atoms with E-state index in [4.69, 9.17) is 0 Å². The minimum Gasteiger partial charge on any atom is -0.319 e. The Balaban J connectivity index is 2.15. The molecule has 2 rings (SSSR count). The van der Waals surface area contributed by atoms with Crippen LogP contribution in [0.2, 0.25) is 0 Å². The van der Waals surface area contributed by atoms with Crippen LogP contribution in [0.4, 0.5) is 0 Å². The van der Waals surface area contributed by atoms with E-state index in [9.17, 15) is 0 Å². The number of nitrogens with zero attached hydrogens (tertiary/aromatic N) is 2. The van der Waals surface area contributed by atoms with Gasteiger partial charge in [-0.05, 0) is 51.9 Å². The second-order valence-corrected chi connectivity index (χ2v) is 5.76. The van der Waals surface area contributed by atoms with Gasteiger partial charge in [0.2, 0.25) is 0 Å². The monoisotopic (exact) mass is 253 g/mol. The molecule has 0 aliphatic carbocycles. The maximum Gasteiger partial charge on any atom is 0.0794 e. The number of likely N-dealkylation sites (tertiary alicyclic amines) is 1. The van der Waals surface area contributed by atoms with Crippen molar-refractivity contribution in [3.63, 3.8) is 0 Å². The molecule has 2 atom stereocenters. The molecule has 2 heterocycles. The summed E-state index contributed by atoms with van der Waals surface area (Å²) in [5, 5.41) is 3.35. The number of hydrogen-bond acceptors (Lipinski definition) is 4. The van der Waals surface area contributed by atoms with Gasteiger partial charge in [-0.25, -0.2) is 0 Å². The van der Waals surface area contributed by atoms with Crippen LogP contribution in [0.3, 0.4) is 0 Å². The van der Waals surface area contributed by atoms with Crippen molar-refractivity contribution in [2.24, 2.45) is 5.92 Å². The summed E-state index contributed by atoms with van der Waals surface area (Å²) in [6, 6.07) is 0.587. The van der Waals surface area contributed by atoms with Gasteiger partial charge in [-0.3, -0.25) is 9.88 Å². The van der Waals surface area contributed by atoms with Crippen LogP contribution in [-0.2, 0) is 0 Å². The van der Waals surface area contributed by atoms with Crippen LogP contribution in [0.1, 0.15) is 37.1 Å². The molecule has 0 amide bonds. The number of rotatable bonds is 5. The molecule has 17 heavy (non-hydrogen) atoms. The van der Waals surface area contributed by atoms with Gasteiger partial charge in [-0.1, -0.05) is 6.92 Å². The summed E-state index contributed by atoms with van der Waals surface area (Å²) in [6.07, 6.45) is 5.97. The molecule has 1 N–H and O–H groups in total. The van der Waals surface area contributed by atoms with Crippen molar-refractivity contribution in [2.75, 3.05) is 26.7 Å². The van der Waals surface area contributed by atoms with Crippen molar-refractivity contribution in [2.45, 2.75) is 32.2 Å². The Kier molecular flexibility index (Phi) is 4.95. The second-order valence-electron chi connectivity index (χ2n) is 4.84. The van der Waals surface area contributed by atoms with Crippen LogP contribution < -0.4 is 5.32 Å². The Labute approximate surface area is 108 Å². The van der Waals surface area contributed by atoms with Crippen molar-refractivity contribution in [3.8, 4) is 0 Å². The molecule has 0 bridgehead atoms. The zero-order valence-corrected chi connectivity index (χ0v) is 11.7. The summed E-state index contributed by atoms with van der Waals surface area (Å²) < 4.78 is 0. The zero-order chi connectivity index (χ0) is 12.1. The first kappa shape index (κ1) is 13.0. The Morgan fingerprint density at radius 1 is 1.59 bits per heavy atom. The average Bonchev–Trinajstić information content (AvgIpc) is 2.84. The lowest BCUT2D eigenvalue weighted by molar-refractivity contribution is 0.0947. The van der Waals surface area contributed by atoms with Gasteiger partial charge >= 0.3 is 0 Å². The van der Waals surface area contributed by atoms with Crippen LogP contribution >= 0.6 is 11.3 Å². The maximum absolute atomic E-state index is 4.26. The molecule has 1 fully saturated rings. The van der Waals surface area contributed by atoms with E-state index < -0.39 is 0 Å². The van der Waals surface area contributed by atoms with E-state index in [2.05, 4.69) is 35.4 Å². The third-order valence-corrected chi connectivity index (χ3v) is 4.43. The first-order chi connectivity index (χ1) is 8.36. The predicted octanol–water partition coefficient (Wildman–Crippen LogP) is 2.53. The van der Waals surface area contributed by atoms with Gasteiger partial charge in [0.25, 0.3) is 0 Å². The van der Waals surface area contributed by atoms with E-state index in [-0.39, 0.29) is 0 Å². The lowest BCUT2D eigenvalue weighted by Gasteiger charge is -2.40. The fraction of sp³-hybridized carbons (Fsp3) is 0.769. The van der Waals surface area contributed by atoms with E-state index in [0.29, 0.717) is 6.04 Å². The highest BCUT2D eigenvalue weighted by molar-refractivity contribution is 7.09. The Morgan fingerprint density at radius 3 is 3.12 bits per heavy atom. The lowest BCUT2D eigenvalue weighted by Crippen LogP contribution is -2.42. The molecule has 1 aromatic rings. The van der Waals surface area contributed by atoms with Crippen LogP contribution in [-0.4, -0.2) is 36.6 Å². The molecular formula is C13H23N3S. The van der Waals surface area contributed by atoms with Gasteiger partial charge in [0.05, 0.1) is 5.51 Å². The molecule has 4 heteroatoms. The fourth-order valence-corrected chi connectivity index (χ4v) is 3.80. The number of thiazole rings is 1. The molecule has 3 nitrogen and oxygen atoms in total. The van der Waals surface area contributed by atoms with Gasteiger partial charge in [-0.15, -0.1) is 11.3 Å². The molecule has 1 aliphatic rings. The molecule has 0 saturated carbocycles. The summed E-state index contributed by atoms with van der Waals surface area (Å²) in [5.41, 5.74) is 1.96. The minimum atomic E-state index is 0.587. The standard InChI is InChI=1S/C13H23N3S/c1-3-6-16-7-4-5-11(8-14-2)13(16)12-9-15-10-17-12/h9-11,13-14H,3-8H2,1-2H3. The fourth-order valence-electron chi connectivity index (χ4n) is 2.95. The summed E-state index contributed by atoms with van der Waals surface area (Å²) in [4.78, 5) is 8.35. The summed E-state index contributed by atoms with van der Waals surface area (Å²) in [6.45, 7) is 5.84. The normalized spacial score (nSPS) is 26.2. The van der Waals surface area contributed by atoms with Crippen molar-refractivity contribution >= 4 is 11.3 Å². The van der Waals surface area contributed by atoms with Gasteiger partial charge in [0.1, 0.15) is 0 Å². The quantitative estimate of drug-likeness (QED) is 0.874. The summed E-state index contributed by atoms with van der Waals surface area (Å²) in [5.74, 6) is 0.737. The largest absolute Gasteiger partial charge is 0.319 e. The molecule has 0 radical (unpaired) electrons. The van der Waals surface area contributed by atoms with Crippen molar-refractivity contribution in [1.29, 1.82) is 0 Å². The number of hydrogen-bond donors (Lipinski definition) is 1. The number of nitrogens with one attached hydrogen (secondary N) is 1. The molecule has 2 unspecified atom stereocenters. The summed E-state index contributed by atoms with van der Waals surface area (Å²) >= 11 is 1.81. The zero-order valence-electron chi connectivity index (χ0n) is 10.9. The third-order valence-electron chi connectivity index (χ3n) is 3.58. The lowest BCUT2D eigenvalue weighted by atomic mass is 9.88. The average molecular weight is 253 g/mol. The van der Waals surface area contributed by atoms with E-state index in [1.165, 1.54) is 37.2 Å². The Morgan fingerprint density at radius 2 is 2.47 bits per heavy atom. The highest BCUT2D eigenvalue weighted by atomic mass is 32.1. The van der Waals surface area contributed by atoms with Crippen molar-refractivity contribution in [3.05, 3.63) is 16.6 Å². The molecule has 96 valence electrons. The molecule has 0 aromatic carbocycles. The van der Waals surface area contributed by atoms with Crippen molar-refractivity contribution < 1.29 is 0 Å². The van der Waals surface area contributed by atoms with Crippen LogP contribution in [0.5, 0.6) is 0 Å². The van der Waals surface area contributed by atoms with Gasteiger partial charge < -0.3 is 5.32 Å². The van der Waals surface area contributed by atoms with Crippen LogP contribution in [0.25, 0.3) is 0 Å². The third kappa shape index (κ3) is 3.06. The van der Waals surface area contributed by atoms with E-state index in [1.807, 2.05) is 16.8 Å². The van der Waals surface area contributed by atoms with Crippen LogP contribution in [0.15, 0.2) is 11.7 Å². The highest BCUT2D eigenvalue weighted by Gasteiger charge is 2.32. The van der Waals surface area contributed by atoms with Gasteiger partial charge in [0.15, 0.2) is 0 Å². The second kappa shape index (κ2) is 6.47. The first-order valence-corrected chi connectivity index (χ1v) is 7.51. The molecule has 1 saturated heterocycles. The highest BCUT2D eigenvalue weighted by Crippen LogP contribution is 2.37. The van der Waals surface area contributed by atoms with Crippen molar-refractivity contribution in [1.82, 2.24) is 15.2 Å². The molecular weight excluding hydrogens is 230 g/mol. The minimum absolute atomic E-state index is 0.587. The first-order valence-electron chi connectivity index (χ1n) is 6.63. The molecule has 1 aliphatic heterocycles. The SMILES string of the molecule is CCCN1CCCC(CNC)C1c1cncs1. The van der Waals surface area contributed by atoms with E-state index >= 15 is 0 Å². The van der Waals surface area contributed by atoms with Gasteiger partial charge in [0, 0.05) is 17.1 Å². The number of aromatic nitrogens is 1. The smallest absolute Gasteiger partial charge is 0.0794 e.